The molecule has 2 nitrogen and oxygen atoms in total. The minimum Gasteiger partial charge on any atom is -0.298 e. The number of hydrogen-bond acceptors (Lipinski definition) is 4. The average Bonchev–Trinajstić information content (AvgIpc) is 1.89. The SMILES string of the molecule is CSSC[C@H](NP)C(C)=O. The highest BCUT2D eigenvalue weighted by Gasteiger charge is 2.10. The summed E-state index contributed by atoms with van der Waals surface area (Å²) in [6.45, 7) is 1.60. The van der Waals surface area contributed by atoms with Gasteiger partial charge in [0.25, 0.3) is 0 Å². The third-order valence-corrected chi connectivity index (χ3v) is 3.27. The Bertz CT molecular complexity index is 112. The molecule has 0 heterocycles. The molecule has 2 atom stereocenters. The van der Waals surface area contributed by atoms with E-state index in [4.69, 9.17) is 0 Å². The van der Waals surface area contributed by atoms with Crippen LogP contribution in [0.15, 0.2) is 0 Å². The molecule has 0 aliphatic rings. The summed E-state index contributed by atoms with van der Waals surface area (Å²) in [6.07, 6.45) is 2.00. The molecule has 0 amide bonds. The molecule has 0 aliphatic carbocycles. The van der Waals surface area contributed by atoms with Crippen LogP contribution in [-0.4, -0.2) is 23.8 Å². The highest BCUT2D eigenvalue weighted by atomic mass is 33.1. The molecule has 10 heavy (non-hydrogen) atoms. The summed E-state index contributed by atoms with van der Waals surface area (Å²) < 4.78 is 0. The van der Waals surface area contributed by atoms with Crippen molar-refractivity contribution in [3.05, 3.63) is 0 Å². The van der Waals surface area contributed by atoms with Gasteiger partial charge in [-0.1, -0.05) is 31.0 Å². The van der Waals surface area contributed by atoms with Gasteiger partial charge in [-0.2, -0.15) is 0 Å². The zero-order valence-corrected chi connectivity index (χ0v) is 8.87. The highest BCUT2D eigenvalue weighted by molar-refractivity contribution is 8.76. The van der Waals surface area contributed by atoms with Crippen LogP contribution >= 0.6 is 31.0 Å². The van der Waals surface area contributed by atoms with Crippen LogP contribution in [-0.2, 0) is 4.79 Å². The molecule has 5 heteroatoms. The summed E-state index contributed by atoms with van der Waals surface area (Å²) >= 11 is 0. The first kappa shape index (κ1) is 10.8. The standard InChI is InChI=1S/C5H12NOPS2/c1-4(7)5(6-8)3-10-9-2/h5-6H,3,8H2,1-2H3/t5-/m0/s1. The first-order chi connectivity index (χ1) is 4.72. The first-order valence-corrected chi connectivity index (χ1v) is 6.15. The fraction of sp³-hybridized carbons (Fsp3) is 0.800. The van der Waals surface area contributed by atoms with Gasteiger partial charge in [-0.05, 0) is 13.2 Å². The Labute approximate surface area is 71.9 Å². The molecule has 60 valence electrons. The highest BCUT2D eigenvalue weighted by Crippen LogP contribution is 2.18. The van der Waals surface area contributed by atoms with Gasteiger partial charge in [0.15, 0.2) is 0 Å². The monoisotopic (exact) mass is 197 g/mol. The van der Waals surface area contributed by atoms with E-state index in [-0.39, 0.29) is 11.8 Å². The van der Waals surface area contributed by atoms with E-state index < -0.39 is 0 Å². The minimum atomic E-state index is -0.0116. The van der Waals surface area contributed by atoms with Gasteiger partial charge >= 0.3 is 0 Å². The topological polar surface area (TPSA) is 29.1 Å². The largest absolute Gasteiger partial charge is 0.298 e. The number of carbonyl (C=O) groups excluding carboxylic acids is 1. The second-order valence-electron chi connectivity index (χ2n) is 1.78. The molecule has 1 unspecified atom stereocenters. The minimum absolute atomic E-state index is 0.0116. The van der Waals surface area contributed by atoms with Gasteiger partial charge < -0.3 is 0 Å². The fourth-order valence-corrected chi connectivity index (χ4v) is 2.36. The first-order valence-electron chi connectivity index (χ1n) is 2.84. The quantitative estimate of drug-likeness (QED) is 0.532. The van der Waals surface area contributed by atoms with E-state index in [0.29, 0.717) is 0 Å². The van der Waals surface area contributed by atoms with Gasteiger partial charge in [-0.15, -0.1) is 0 Å². The normalized spacial score (nSPS) is 13.1. The Kier molecular flexibility index (Phi) is 6.96. The number of ketones is 1. The molecule has 0 radical (unpaired) electrons. The Morgan fingerprint density at radius 3 is 2.70 bits per heavy atom. The van der Waals surface area contributed by atoms with Crippen molar-refractivity contribution in [2.24, 2.45) is 0 Å². The molecule has 0 fully saturated rings. The van der Waals surface area contributed by atoms with Crippen LogP contribution in [0.4, 0.5) is 0 Å². The molecular weight excluding hydrogens is 185 g/mol. The lowest BCUT2D eigenvalue weighted by Crippen LogP contribution is -2.30. The zero-order chi connectivity index (χ0) is 7.98. The Balaban J connectivity index is 3.50. The summed E-state index contributed by atoms with van der Waals surface area (Å²) in [5.41, 5.74) is 0. The lowest BCUT2D eigenvalue weighted by molar-refractivity contribution is -0.118. The van der Waals surface area contributed by atoms with Crippen LogP contribution in [0.1, 0.15) is 6.92 Å². The van der Waals surface area contributed by atoms with E-state index in [1.165, 1.54) is 0 Å². The van der Waals surface area contributed by atoms with Gasteiger partial charge in [0.05, 0.1) is 6.04 Å². The van der Waals surface area contributed by atoms with E-state index in [1.807, 2.05) is 6.26 Å². The van der Waals surface area contributed by atoms with Crippen molar-refractivity contribution in [1.29, 1.82) is 0 Å². The van der Waals surface area contributed by atoms with Gasteiger partial charge in [-0.25, -0.2) is 0 Å². The summed E-state index contributed by atoms with van der Waals surface area (Å²) in [5.74, 6) is 1.02. The lowest BCUT2D eigenvalue weighted by atomic mass is 10.3. The fourth-order valence-electron chi connectivity index (χ4n) is 0.419. The predicted octanol–water partition coefficient (Wildman–Crippen LogP) is 1.33. The van der Waals surface area contributed by atoms with Crippen molar-refractivity contribution in [1.82, 2.24) is 5.09 Å². The summed E-state index contributed by atoms with van der Waals surface area (Å²) in [6, 6.07) is -0.0116. The maximum absolute atomic E-state index is 10.8. The summed E-state index contributed by atoms with van der Waals surface area (Å²) in [7, 11) is 5.73. The number of rotatable bonds is 5. The number of carbonyl (C=O) groups is 1. The van der Waals surface area contributed by atoms with Crippen LogP contribution in [0.2, 0.25) is 0 Å². The Morgan fingerprint density at radius 1 is 1.80 bits per heavy atom. The number of hydrogen-bond donors (Lipinski definition) is 1. The molecule has 0 aliphatic heterocycles. The average molecular weight is 197 g/mol. The maximum atomic E-state index is 10.8. The van der Waals surface area contributed by atoms with E-state index in [2.05, 4.69) is 14.5 Å². The number of Topliss-reactive ketones (excluding diaryl/α,β-unsaturated/α-hetero) is 1. The van der Waals surface area contributed by atoms with Crippen molar-refractivity contribution in [2.45, 2.75) is 13.0 Å². The molecule has 0 bridgehead atoms. The molecule has 0 aromatic carbocycles. The summed E-state index contributed by atoms with van der Waals surface area (Å²) in [5, 5.41) is 2.87. The van der Waals surface area contributed by atoms with Gasteiger partial charge in [0.2, 0.25) is 0 Å². The van der Waals surface area contributed by atoms with E-state index >= 15 is 0 Å². The smallest absolute Gasteiger partial charge is 0.147 e. The van der Waals surface area contributed by atoms with Gasteiger partial charge in [0.1, 0.15) is 5.78 Å². The maximum Gasteiger partial charge on any atom is 0.147 e. The molecule has 0 aromatic rings. The van der Waals surface area contributed by atoms with Crippen molar-refractivity contribution in [3.8, 4) is 0 Å². The lowest BCUT2D eigenvalue weighted by Gasteiger charge is -2.09. The molecule has 0 saturated heterocycles. The molecule has 0 aromatic heterocycles. The third kappa shape index (κ3) is 4.56. The van der Waals surface area contributed by atoms with Crippen LogP contribution in [0.3, 0.4) is 0 Å². The van der Waals surface area contributed by atoms with E-state index in [0.717, 1.165) is 5.75 Å². The van der Waals surface area contributed by atoms with Crippen LogP contribution in [0.25, 0.3) is 0 Å². The van der Waals surface area contributed by atoms with E-state index in [1.54, 1.807) is 28.5 Å². The predicted molar refractivity (Wildman–Crippen MR) is 53.3 cm³/mol. The molecule has 1 N–H and O–H groups in total. The Hall–Kier alpha value is 0.760. The molecule has 0 spiro atoms. The van der Waals surface area contributed by atoms with Crippen molar-refractivity contribution >= 4 is 36.8 Å². The van der Waals surface area contributed by atoms with Crippen molar-refractivity contribution < 1.29 is 4.79 Å². The van der Waals surface area contributed by atoms with Crippen LogP contribution in [0, 0.1) is 0 Å². The van der Waals surface area contributed by atoms with Gasteiger partial charge in [-0.3, -0.25) is 9.88 Å². The van der Waals surface area contributed by atoms with Crippen LogP contribution < -0.4 is 5.09 Å². The molecule has 0 rings (SSSR count). The van der Waals surface area contributed by atoms with Crippen LogP contribution in [0.5, 0.6) is 0 Å². The third-order valence-electron chi connectivity index (χ3n) is 1.04. The zero-order valence-electron chi connectivity index (χ0n) is 6.09. The van der Waals surface area contributed by atoms with E-state index in [9.17, 15) is 4.79 Å². The molecular formula is C5H12NOPS2. The summed E-state index contributed by atoms with van der Waals surface area (Å²) in [4.78, 5) is 10.8. The van der Waals surface area contributed by atoms with Gasteiger partial charge in [0, 0.05) is 5.75 Å². The second kappa shape index (κ2) is 6.47. The molecule has 0 saturated carbocycles. The second-order valence-corrected chi connectivity index (χ2v) is 4.72. The van der Waals surface area contributed by atoms with Crippen molar-refractivity contribution in [2.75, 3.05) is 12.0 Å². The van der Waals surface area contributed by atoms with Crippen molar-refractivity contribution in [3.63, 3.8) is 0 Å². The number of nitrogens with one attached hydrogen (secondary N) is 1. The Morgan fingerprint density at radius 2 is 2.40 bits per heavy atom.